The van der Waals surface area contributed by atoms with Gasteiger partial charge in [-0.25, -0.2) is 9.69 Å². The van der Waals surface area contributed by atoms with Crippen LogP contribution in [-0.2, 0) is 4.87 Å². The predicted octanol–water partition coefficient (Wildman–Crippen LogP) is 2.67. The number of nitrogens with zero attached hydrogens (tertiary/aromatic N) is 3. The lowest BCUT2D eigenvalue weighted by atomic mass is 10.1. The second-order valence-corrected chi connectivity index (χ2v) is 6.20. The van der Waals surface area contributed by atoms with E-state index >= 15 is 0 Å². The highest BCUT2D eigenvalue weighted by molar-refractivity contribution is 6.23. The molecule has 0 bridgehead atoms. The molecule has 0 saturated carbocycles. The molecule has 1 aromatic heterocycles. The van der Waals surface area contributed by atoms with Crippen molar-refractivity contribution in [2.75, 3.05) is 11.9 Å². The van der Waals surface area contributed by atoms with Gasteiger partial charge >= 0.3 is 6.03 Å². The maximum atomic E-state index is 12.3. The van der Waals surface area contributed by atoms with Crippen molar-refractivity contribution in [3.63, 3.8) is 0 Å². The number of aromatic nitrogens is 1. The molecule has 0 spiro atoms. The third kappa shape index (κ3) is 2.65. The van der Waals surface area contributed by atoms with Gasteiger partial charge in [0.25, 0.3) is 0 Å². The molecule has 1 fully saturated rings. The quantitative estimate of drug-likeness (QED) is 0.670. The van der Waals surface area contributed by atoms with Crippen molar-refractivity contribution in [2.24, 2.45) is 0 Å². The standard InChI is InChI=1S/C14H20ClN3O3/c1-5-7-9-12(19)18(13(20)17(9)4)11-8-10(21-16-11)14(3,15)6-2/h5,8-9,12,19H,1,6-7H2,2-4H3. The Morgan fingerprint density at radius 3 is 2.90 bits per heavy atom. The van der Waals surface area contributed by atoms with Crippen molar-refractivity contribution >= 4 is 23.4 Å². The van der Waals surface area contributed by atoms with Crippen LogP contribution in [0.4, 0.5) is 10.6 Å². The van der Waals surface area contributed by atoms with Gasteiger partial charge in [-0.15, -0.1) is 18.2 Å². The van der Waals surface area contributed by atoms with E-state index in [2.05, 4.69) is 11.7 Å². The van der Waals surface area contributed by atoms with Crippen LogP contribution in [0.25, 0.3) is 0 Å². The van der Waals surface area contributed by atoms with Gasteiger partial charge in [0.15, 0.2) is 17.8 Å². The summed E-state index contributed by atoms with van der Waals surface area (Å²) < 4.78 is 5.23. The number of anilines is 1. The molecule has 1 aliphatic heterocycles. The first-order valence-corrected chi connectivity index (χ1v) is 7.22. The predicted molar refractivity (Wildman–Crippen MR) is 80.2 cm³/mol. The highest BCUT2D eigenvalue weighted by atomic mass is 35.5. The van der Waals surface area contributed by atoms with Crippen molar-refractivity contribution in [3.8, 4) is 0 Å². The molecule has 1 aromatic rings. The molecule has 1 N–H and O–H groups in total. The van der Waals surface area contributed by atoms with E-state index in [0.717, 1.165) is 0 Å². The molecule has 2 rings (SSSR count). The lowest BCUT2D eigenvalue weighted by molar-refractivity contribution is 0.129. The Kier molecular flexibility index (Phi) is 4.30. The smallest absolute Gasteiger partial charge is 0.328 e. The van der Waals surface area contributed by atoms with Crippen LogP contribution < -0.4 is 4.90 Å². The Bertz CT molecular complexity index is 543. The number of halogens is 1. The minimum atomic E-state index is -0.998. The minimum Gasteiger partial charge on any atom is -0.371 e. The fourth-order valence-corrected chi connectivity index (χ4v) is 2.37. The summed E-state index contributed by atoms with van der Waals surface area (Å²) in [7, 11) is 1.64. The van der Waals surface area contributed by atoms with Gasteiger partial charge in [0, 0.05) is 13.1 Å². The fraction of sp³-hybridized carbons (Fsp3) is 0.571. The molecule has 0 aromatic carbocycles. The molecular weight excluding hydrogens is 294 g/mol. The van der Waals surface area contributed by atoms with Crippen molar-refractivity contribution in [2.45, 2.75) is 43.8 Å². The van der Waals surface area contributed by atoms with Crippen molar-refractivity contribution in [1.29, 1.82) is 0 Å². The summed E-state index contributed by atoms with van der Waals surface area (Å²) >= 11 is 6.32. The Labute approximate surface area is 128 Å². The van der Waals surface area contributed by atoms with E-state index in [1.54, 1.807) is 19.2 Å². The zero-order chi connectivity index (χ0) is 15.8. The summed E-state index contributed by atoms with van der Waals surface area (Å²) in [5.41, 5.74) is 0. The molecular formula is C14H20ClN3O3. The molecule has 1 aliphatic rings. The monoisotopic (exact) mass is 313 g/mol. The first kappa shape index (κ1) is 15.9. The number of amides is 2. The van der Waals surface area contributed by atoms with Crippen LogP contribution in [0.5, 0.6) is 0 Å². The minimum absolute atomic E-state index is 0.265. The van der Waals surface area contributed by atoms with Crippen LogP contribution in [-0.4, -0.2) is 40.5 Å². The van der Waals surface area contributed by atoms with Gasteiger partial charge in [-0.3, -0.25) is 0 Å². The molecule has 1 saturated heterocycles. The van der Waals surface area contributed by atoms with E-state index in [1.807, 2.05) is 13.8 Å². The van der Waals surface area contributed by atoms with E-state index in [4.69, 9.17) is 16.1 Å². The molecule has 3 unspecified atom stereocenters. The number of carbonyl (C=O) groups excluding carboxylic acids is 1. The summed E-state index contributed by atoms with van der Waals surface area (Å²) in [4.78, 5) is 14.3. The van der Waals surface area contributed by atoms with Crippen LogP contribution >= 0.6 is 11.6 Å². The second kappa shape index (κ2) is 5.69. The average molecular weight is 314 g/mol. The van der Waals surface area contributed by atoms with Gasteiger partial charge in [0.1, 0.15) is 4.87 Å². The molecule has 3 atom stereocenters. The van der Waals surface area contributed by atoms with E-state index < -0.39 is 11.1 Å². The third-order valence-electron chi connectivity index (χ3n) is 3.94. The number of aliphatic hydroxyl groups excluding tert-OH is 1. The number of urea groups is 1. The number of alkyl halides is 1. The van der Waals surface area contributed by atoms with Crippen molar-refractivity contribution in [1.82, 2.24) is 10.1 Å². The number of rotatable bonds is 5. The maximum Gasteiger partial charge on any atom is 0.328 e. The van der Waals surface area contributed by atoms with Crippen LogP contribution in [0.3, 0.4) is 0 Å². The summed E-state index contributed by atoms with van der Waals surface area (Å²) in [6.45, 7) is 7.39. The largest absolute Gasteiger partial charge is 0.371 e. The molecule has 7 heteroatoms. The molecule has 0 radical (unpaired) electrons. The topological polar surface area (TPSA) is 69.8 Å². The number of hydrogen-bond donors (Lipinski definition) is 1. The highest BCUT2D eigenvalue weighted by Gasteiger charge is 2.44. The number of hydrogen-bond acceptors (Lipinski definition) is 4. The SMILES string of the molecule is C=CCC1C(O)N(c2cc(C(C)(Cl)CC)on2)C(=O)N1C. The lowest BCUT2D eigenvalue weighted by Gasteiger charge is -2.19. The summed E-state index contributed by atoms with van der Waals surface area (Å²) in [5, 5.41) is 14.2. The molecule has 116 valence electrons. The van der Waals surface area contributed by atoms with Gasteiger partial charge in [-0.1, -0.05) is 18.2 Å². The Balaban J connectivity index is 2.30. The Hall–Kier alpha value is -1.53. The molecule has 0 aliphatic carbocycles. The number of carbonyl (C=O) groups is 1. The van der Waals surface area contributed by atoms with Crippen molar-refractivity contribution < 1.29 is 14.4 Å². The zero-order valence-corrected chi connectivity index (χ0v) is 13.2. The maximum absolute atomic E-state index is 12.3. The van der Waals surface area contributed by atoms with Crippen LogP contribution in [0, 0.1) is 0 Å². The average Bonchev–Trinajstić information content (AvgIpc) is 3.00. The molecule has 6 nitrogen and oxygen atoms in total. The number of likely N-dealkylation sites (N-methyl/N-ethyl adjacent to an activating group) is 1. The van der Waals surface area contributed by atoms with Gasteiger partial charge in [0.2, 0.25) is 0 Å². The van der Waals surface area contributed by atoms with E-state index in [1.165, 1.54) is 9.80 Å². The first-order valence-electron chi connectivity index (χ1n) is 6.84. The van der Waals surface area contributed by atoms with Gasteiger partial charge in [-0.05, 0) is 19.8 Å². The Morgan fingerprint density at radius 2 is 2.33 bits per heavy atom. The van der Waals surface area contributed by atoms with Crippen LogP contribution in [0.1, 0.15) is 32.4 Å². The van der Waals surface area contributed by atoms with Crippen molar-refractivity contribution in [3.05, 3.63) is 24.5 Å². The van der Waals surface area contributed by atoms with Gasteiger partial charge < -0.3 is 14.5 Å². The van der Waals surface area contributed by atoms with E-state index in [9.17, 15) is 9.90 Å². The first-order chi connectivity index (χ1) is 9.83. The van der Waals surface area contributed by atoms with Crippen LogP contribution in [0.2, 0.25) is 0 Å². The number of aliphatic hydroxyl groups is 1. The summed E-state index contributed by atoms with van der Waals surface area (Å²) in [5.74, 6) is 0.734. The van der Waals surface area contributed by atoms with E-state index in [-0.39, 0.29) is 17.9 Å². The molecule has 2 amide bonds. The summed E-state index contributed by atoms with van der Waals surface area (Å²) in [6, 6.07) is 0.910. The van der Waals surface area contributed by atoms with E-state index in [0.29, 0.717) is 18.6 Å². The zero-order valence-electron chi connectivity index (χ0n) is 12.4. The lowest BCUT2D eigenvalue weighted by Crippen LogP contribution is -2.36. The Morgan fingerprint density at radius 1 is 1.67 bits per heavy atom. The van der Waals surface area contributed by atoms with Gasteiger partial charge in [0.05, 0.1) is 6.04 Å². The van der Waals surface area contributed by atoms with Gasteiger partial charge in [-0.2, -0.15) is 0 Å². The second-order valence-electron chi connectivity index (χ2n) is 5.37. The van der Waals surface area contributed by atoms with Crippen LogP contribution in [0.15, 0.2) is 23.2 Å². The third-order valence-corrected chi connectivity index (χ3v) is 4.40. The molecule has 2 heterocycles. The summed E-state index contributed by atoms with van der Waals surface area (Å²) in [6.07, 6.45) is 1.81. The fourth-order valence-electron chi connectivity index (χ4n) is 2.28. The highest BCUT2D eigenvalue weighted by Crippen LogP contribution is 2.36. The normalized spacial score (nSPS) is 25.3. The molecule has 21 heavy (non-hydrogen) atoms.